The summed E-state index contributed by atoms with van der Waals surface area (Å²) >= 11 is 0. The van der Waals surface area contributed by atoms with Crippen LogP contribution >= 0.6 is 0 Å². The molecule has 0 radical (unpaired) electrons. The molecule has 0 amide bonds. The Morgan fingerprint density at radius 1 is 0.800 bits per heavy atom. The van der Waals surface area contributed by atoms with E-state index in [0.29, 0.717) is 6.42 Å². The molecule has 0 aromatic rings. The van der Waals surface area contributed by atoms with Crippen LogP contribution in [0.25, 0.3) is 0 Å². The topological polar surface area (TPSA) is 37.3 Å². The minimum atomic E-state index is -0.656. The lowest BCUT2D eigenvalue weighted by Gasteiger charge is -2.19. The van der Waals surface area contributed by atoms with Crippen molar-refractivity contribution in [1.29, 1.82) is 0 Å². The largest absolute Gasteiger partial charge is 0.481 e. The summed E-state index contributed by atoms with van der Waals surface area (Å²) in [6.07, 6.45) is 14.3. The zero-order valence-corrected chi connectivity index (χ0v) is 14.0. The standard InChI is InChI=1S/C18H36O2/c1-4-13-16(2)17(3)14-11-9-7-5-6-8-10-12-15-18(19)20/h16-17H,4-15H2,1-3H3,(H,19,20). The second kappa shape index (κ2) is 13.5. The van der Waals surface area contributed by atoms with Gasteiger partial charge in [0.1, 0.15) is 0 Å². The maximum atomic E-state index is 10.4. The lowest BCUT2D eigenvalue weighted by atomic mass is 9.87. The predicted octanol–water partition coefficient (Wildman–Crippen LogP) is 6.04. The Balaban J connectivity index is 3.22. The molecule has 120 valence electrons. The lowest BCUT2D eigenvalue weighted by Crippen LogP contribution is -2.07. The van der Waals surface area contributed by atoms with Crippen LogP contribution < -0.4 is 0 Å². The first-order valence-corrected chi connectivity index (χ1v) is 8.79. The number of carboxylic acid groups (broad SMARTS) is 1. The Kier molecular flexibility index (Phi) is 13.1. The molecule has 0 aliphatic rings. The minimum Gasteiger partial charge on any atom is -0.481 e. The lowest BCUT2D eigenvalue weighted by molar-refractivity contribution is -0.137. The highest BCUT2D eigenvalue weighted by atomic mass is 16.4. The molecule has 0 heterocycles. The molecule has 0 aromatic carbocycles. The van der Waals surface area contributed by atoms with E-state index in [0.717, 1.165) is 24.7 Å². The van der Waals surface area contributed by atoms with Crippen LogP contribution in [-0.4, -0.2) is 11.1 Å². The van der Waals surface area contributed by atoms with Gasteiger partial charge in [-0.15, -0.1) is 0 Å². The van der Waals surface area contributed by atoms with E-state index in [-0.39, 0.29) is 0 Å². The van der Waals surface area contributed by atoms with Crippen molar-refractivity contribution in [2.24, 2.45) is 11.8 Å². The van der Waals surface area contributed by atoms with Crippen LogP contribution in [0.5, 0.6) is 0 Å². The van der Waals surface area contributed by atoms with Crippen molar-refractivity contribution in [2.75, 3.05) is 0 Å². The molecule has 20 heavy (non-hydrogen) atoms. The zero-order valence-electron chi connectivity index (χ0n) is 14.0. The summed E-state index contributed by atoms with van der Waals surface area (Å²) in [5, 5.41) is 8.53. The maximum absolute atomic E-state index is 10.4. The summed E-state index contributed by atoms with van der Waals surface area (Å²) in [5.74, 6) is 1.11. The van der Waals surface area contributed by atoms with Crippen LogP contribution in [0, 0.1) is 11.8 Å². The number of aliphatic carboxylic acids is 1. The summed E-state index contributed by atoms with van der Waals surface area (Å²) in [5.41, 5.74) is 0. The molecule has 2 atom stereocenters. The molecule has 0 aliphatic carbocycles. The normalized spacial score (nSPS) is 14.2. The molecule has 0 saturated heterocycles. The van der Waals surface area contributed by atoms with Gasteiger partial charge >= 0.3 is 5.97 Å². The Morgan fingerprint density at radius 3 is 1.75 bits per heavy atom. The Morgan fingerprint density at radius 2 is 1.25 bits per heavy atom. The summed E-state index contributed by atoms with van der Waals surface area (Å²) in [7, 11) is 0. The highest BCUT2D eigenvalue weighted by Crippen LogP contribution is 2.22. The number of hydrogen-bond donors (Lipinski definition) is 1. The molecule has 0 aliphatic heterocycles. The van der Waals surface area contributed by atoms with Gasteiger partial charge < -0.3 is 5.11 Å². The molecule has 2 unspecified atom stereocenters. The van der Waals surface area contributed by atoms with Gasteiger partial charge in [-0.3, -0.25) is 4.79 Å². The highest BCUT2D eigenvalue weighted by Gasteiger charge is 2.10. The molecule has 0 rings (SSSR count). The first kappa shape index (κ1) is 19.5. The van der Waals surface area contributed by atoms with Crippen LogP contribution in [0.4, 0.5) is 0 Å². The number of hydrogen-bond acceptors (Lipinski definition) is 1. The molecule has 0 aromatic heterocycles. The van der Waals surface area contributed by atoms with Gasteiger partial charge in [-0.05, 0) is 18.3 Å². The van der Waals surface area contributed by atoms with Gasteiger partial charge in [0, 0.05) is 6.42 Å². The number of carbonyl (C=O) groups is 1. The Bertz CT molecular complexity index is 225. The van der Waals surface area contributed by atoms with Crippen molar-refractivity contribution in [3.8, 4) is 0 Å². The average Bonchev–Trinajstić information content (AvgIpc) is 2.40. The van der Waals surface area contributed by atoms with Gasteiger partial charge in [0.2, 0.25) is 0 Å². The van der Waals surface area contributed by atoms with Crippen molar-refractivity contribution in [1.82, 2.24) is 0 Å². The van der Waals surface area contributed by atoms with Crippen molar-refractivity contribution < 1.29 is 9.90 Å². The van der Waals surface area contributed by atoms with Gasteiger partial charge in [0.25, 0.3) is 0 Å². The molecule has 2 heteroatoms. The average molecular weight is 284 g/mol. The minimum absolute atomic E-state index is 0.341. The van der Waals surface area contributed by atoms with Gasteiger partial charge in [0.05, 0.1) is 0 Å². The number of carboxylic acids is 1. The molecule has 0 fully saturated rings. The van der Waals surface area contributed by atoms with Gasteiger partial charge in [-0.1, -0.05) is 85.0 Å². The fourth-order valence-corrected chi connectivity index (χ4v) is 2.83. The van der Waals surface area contributed by atoms with Crippen LogP contribution in [-0.2, 0) is 4.79 Å². The van der Waals surface area contributed by atoms with Gasteiger partial charge in [0.15, 0.2) is 0 Å². The fraction of sp³-hybridized carbons (Fsp3) is 0.944. The summed E-state index contributed by atoms with van der Waals surface area (Å²) < 4.78 is 0. The molecule has 0 spiro atoms. The molecule has 0 saturated carbocycles. The Labute approximate surface area is 126 Å². The van der Waals surface area contributed by atoms with E-state index in [1.165, 1.54) is 57.8 Å². The SMILES string of the molecule is CCCC(C)C(C)CCCCCCCCCCC(=O)O. The highest BCUT2D eigenvalue weighted by molar-refractivity contribution is 5.66. The van der Waals surface area contributed by atoms with Crippen LogP contribution in [0.3, 0.4) is 0 Å². The molecule has 1 N–H and O–H groups in total. The van der Waals surface area contributed by atoms with E-state index < -0.39 is 5.97 Å². The second-order valence-electron chi connectivity index (χ2n) is 6.50. The summed E-state index contributed by atoms with van der Waals surface area (Å²) in [4.78, 5) is 10.4. The van der Waals surface area contributed by atoms with Crippen LogP contribution in [0.2, 0.25) is 0 Å². The number of unbranched alkanes of at least 4 members (excludes halogenated alkanes) is 7. The quantitative estimate of drug-likeness (QED) is 0.394. The zero-order chi connectivity index (χ0) is 15.2. The third-order valence-electron chi connectivity index (χ3n) is 4.52. The third-order valence-corrected chi connectivity index (χ3v) is 4.52. The molecule has 2 nitrogen and oxygen atoms in total. The van der Waals surface area contributed by atoms with Crippen molar-refractivity contribution >= 4 is 5.97 Å². The maximum Gasteiger partial charge on any atom is 0.303 e. The van der Waals surface area contributed by atoms with Crippen molar-refractivity contribution in [3.05, 3.63) is 0 Å². The van der Waals surface area contributed by atoms with Gasteiger partial charge in [-0.2, -0.15) is 0 Å². The van der Waals surface area contributed by atoms with Crippen LogP contribution in [0.1, 0.15) is 97.8 Å². The van der Waals surface area contributed by atoms with E-state index in [4.69, 9.17) is 5.11 Å². The van der Waals surface area contributed by atoms with E-state index in [2.05, 4.69) is 20.8 Å². The second-order valence-corrected chi connectivity index (χ2v) is 6.50. The smallest absolute Gasteiger partial charge is 0.303 e. The first-order chi connectivity index (χ1) is 9.57. The van der Waals surface area contributed by atoms with Crippen molar-refractivity contribution in [2.45, 2.75) is 97.8 Å². The monoisotopic (exact) mass is 284 g/mol. The Hall–Kier alpha value is -0.530. The molecular weight excluding hydrogens is 248 g/mol. The predicted molar refractivity (Wildman–Crippen MR) is 87.0 cm³/mol. The summed E-state index contributed by atoms with van der Waals surface area (Å²) in [6.45, 7) is 7.08. The van der Waals surface area contributed by atoms with E-state index >= 15 is 0 Å². The van der Waals surface area contributed by atoms with Crippen LogP contribution in [0.15, 0.2) is 0 Å². The van der Waals surface area contributed by atoms with Gasteiger partial charge in [-0.25, -0.2) is 0 Å². The number of rotatable bonds is 14. The van der Waals surface area contributed by atoms with E-state index in [9.17, 15) is 4.79 Å². The molecule has 0 bridgehead atoms. The molecular formula is C18H36O2. The van der Waals surface area contributed by atoms with E-state index in [1.54, 1.807) is 0 Å². The fourth-order valence-electron chi connectivity index (χ4n) is 2.83. The first-order valence-electron chi connectivity index (χ1n) is 8.79. The third kappa shape index (κ3) is 12.5. The summed E-state index contributed by atoms with van der Waals surface area (Å²) in [6, 6.07) is 0. The van der Waals surface area contributed by atoms with Crippen molar-refractivity contribution in [3.63, 3.8) is 0 Å². The van der Waals surface area contributed by atoms with E-state index in [1.807, 2.05) is 0 Å².